The van der Waals surface area contributed by atoms with Crippen LogP contribution in [0.5, 0.6) is 0 Å². The van der Waals surface area contributed by atoms with Gasteiger partial charge in [-0.05, 0) is 6.92 Å². The van der Waals surface area contributed by atoms with Crippen LogP contribution in [0, 0.1) is 0 Å². The van der Waals surface area contributed by atoms with E-state index in [0.29, 0.717) is 11.8 Å². The summed E-state index contributed by atoms with van der Waals surface area (Å²) in [5.41, 5.74) is 4.40. The predicted molar refractivity (Wildman–Crippen MR) is 70.2 cm³/mol. The Labute approximate surface area is 113 Å². The van der Waals surface area contributed by atoms with E-state index in [1.807, 2.05) is 11.8 Å². The van der Waals surface area contributed by atoms with Gasteiger partial charge in [0.25, 0.3) is 0 Å². The molecule has 2 heterocycles. The molecule has 0 amide bonds. The molecule has 106 valence electrons. The molecule has 1 fully saturated rings. The van der Waals surface area contributed by atoms with E-state index in [1.165, 1.54) is 0 Å². The Morgan fingerprint density at radius 3 is 2.68 bits per heavy atom. The monoisotopic (exact) mass is 292 g/mol. The average Bonchev–Trinajstić information content (AvgIpc) is 2.31. The molecule has 8 heteroatoms. The van der Waals surface area contributed by atoms with Crippen molar-refractivity contribution in [3.8, 4) is 0 Å². The second kappa shape index (κ2) is 5.07. The molecule has 1 aliphatic heterocycles. The largest absolute Gasteiger partial charge is 0.433 e. The number of alkyl halides is 3. The van der Waals surface area contributed by atoms with Crippen LogP contribution in [-0.4, -0.2) is 33.6 Å². The lowest BCUT2D eigenvalue weighted by molar-refractivity contribution is -0.141. The maximum atomic E-state index is 12.7. The summed E-state index contributed by atoms with van der Waals surface area (Å²) in [5.74, 6) is 0.763. The maximum absolute atomic E-state index is 12.7. The number of nitrogen functional groups attached to an aromatic ring is 1. The normalized spacial score (nSPS) is 24.6. The van der Waals surface area contributed by atoms with E-state index in [0.717, 1.165) is 11.8 Å². The number of thioether (sulfide) groups is 1. The van der Waals surface area contributed by atoms with Crippen molar-refractivity contribution >= 4 is 23.5 Å². The molecule has 0 bridgehead atoms. The number of rotatable bonds is 1. The van der Waals surface area contributed by atoms with Gasteiger partial charge in [0, 0.05) is 29.7 Å². The molecule has 1 aromatic rings. The second-order valence-electron chi connectivity index (χ2n) is 4.48. The van der Waals surface area contributed by atoms with Crippen molar-refractivity contribution in [2.24, 2.45) is 0 Å². The van der Waals surface area contributed by atoms with Crippen molar-refractivity contribution in [3.05, 3.63) is 11.8 Å². The van der Waals surface area contributed by atoms with Crippen LogP contribution >= 0.6 is 11.8 Å². The summed E-state index contributed by atoms with van der Waals surface area (Å²) < 4.78 is 38.2. The molecule has 1 saturated heterocycles. The highest BCUT2D eigenvalue weighted by atomic mass is 32.2. The van der Waals surface area contributed by atoms with Crippen molar-refractivity contribution in [2.45, 2.75) is 31.3 Å². The molecule has 0 spiro atoms. The lowest BCUT2D eigenvalue weighted by Crippen LogP contribution is -2.45. The van der Waals surface area contributed by atoms with Crippen molar-refractivity contribution in [2.75, 3.05) is 22.9 Å². The first-order valence-corrected chi connectivity index (χ1v) is 6.94. The summed E-state index contributed by atoms with van der Waals surface area (Å²) >= 11 is 1.80. The summed E-state index contributed by atoms with van der Waals surface area (Å²) in [6.07, 6.45) is -4.51. The molecule has 0 aromatic carbocycles. The molecule has 1 aliphatic rings. The predicted octanol–water partition coefficient (Wildman–Crippen LogP) is 2.41. The number of aromatic nitrogens is 2. The standard InChI is InChI=1S/C11H15F3N4S/c1-6-7(2)19-4-3-18(6)9-5-8(11(12,13)14)16-10(15)17-9/h5-7H,3-4H2,1-2H3,(H2,15,16,17). The summed E-state index contributed by atoms with van der Waals surface area (Å²) in [6.45, 7) is 4.68. The van der Waals surface area contributed by atoms with E-state index in [1.54, 1.807) is 11.8 Å². The maximum Gasteiger partial charge on any atom is 0.433 e. The molecule has 1 aromatic heterocycles. The van der Waals surface area contributed by atoms with Gasteiger partial charge in [-0.25, -0.2) is 4.98 Å². The fourth-order valence-electron chi connectivity index (χ4n) is 2.00. The molecule has 4 nitrogen and oxygen atoms in total. The third-order valence-electron chi connectivity index (χ3n) is 3.20. The lowest BCUT2D eigenvalue weighted by atomic mass is 10.2. The number of halogens is 3. The van der Waals surface area contributed by atoms with Gasteiger partial charge in [-0.3, -0.25) is 0 Å². The summed E-state index contributed by atoms with van der Waals surface area (Å²) in [5, 5.41) is 0.333. The molecule has 2 unspecified atom stereocenters. The number of hydrogen-bond acceptors (Lipinski definition) is 5. The summed E-state index contributed by atoms with van der Waals surface area (Å²) in [6, 6.07) is 1.07. The van der Waals surface area contributed by atoms with Crippen molar-refractivity contribution < 1.29 is 13.2 Å². The molecule has 2 atom stereocenters. The van der Waals surface area contributed by atoms with E-state index >= 15 is 0 Å². The Morgan fingerprint density at radius 1 is 1.37 bits per heavy atom. The van der Waals surface area contributed by atoms with E-state index in [4.69, 9.17) is 5.73 Å². The summed E-state index contributed by atoms with van der Waals surface area (Å²) in [7, 11) is 0. The van der Waals surface area contributed by atoms with Gasteiger partial charge in [-0.15, -0.1) is 0 Å². The third-order valence-corrected chi connectivity index (χ3v) is 4.54. The Bertz CT molecular complexity index is 466. The van der Waals surface area contributed by atoms with Gasteiger partial charge in [0.1, 0.15) is 5.82 Å². The summed E-state index contributed by atoms with van der Waals surface area (Å²) in [4.78, 5) is 9.05. The van der Waals surface area contributed by atoms with Gasteiger partial charge in [0.2, 0.25) is 5.95 Å². The van der Waals surface area contributed by atoms with Crippen molar-refractivity contribution in [1.82, 2.24) is 9.97 Å². The number of nitrogens with two attached hydrogens (primary N) is 1. The molecule has 0 aliphatic carbocycles. The number of nitrogens with zero attached hydrogens (tertiary/aromatic N) is 3. The van der Waals surface area contributed by atoms with Crippen LogP contribution in [0.1, 0.15) is 19.5 Å². The highest BCUT2D eigenvalue weighted by Gasteiger charge is 2.35. The Balaban J connectivity index is 2.36. The van der Waals surface area contributed by atoms with Crippen LogP contribution in [0.3, 0.4) is 0 Å². The number of hydrogen-bond donors (Lipinski definition) is 1. The molecule has 19 heavy (non-hydrogen) atoms. The minimum absolute atomic E-state index is 0.106. The fraction of sp³-hybridized carbons (Fsp3) is 0.636. The Hall–Kier alpha value is -1.18. The van der Waals surface area contributed by atoms with Crippen LogP contribution in [-0.2, 0) is 6.18 Å². The van der Waals surface area contributed by atoms with E-state index in [9.17, 15) is 13.2 Å². The van der Waals surface area contributed by atoms with E-state index in [-0.39, 0.29) is 17.8 Å². The van der Waals surface area contributed by atoms with E-state index < -0.39 is 11.9 Å². The molecule has 2 rings (SSSR count). The van der Waals surface area contributed by atoms with Gasteiger partial charge in [-0.1, -0.05) is 6.92 Å². The van der Waals surface area contributed by atoms with Gasteiger partial charge in [0.15, 0.2) is 5.69 Å². The van der Waals surface area contributed by atoms with Gasteiger partial charge in [-0.2, -0.15) is 29.9 Å². The Morgan fingerprint density at radius 2 is 2.05 bits per heavy atom. The van der Waals surface area contributed by atoms with Crippen LogP contribution < -0.4 is 10.6 Å². The first-order chi connectivity index (χ1) is 8.79. The minimum atomic E-state index is -4.51. The van der Waals surface area contributed by atoms with Crippen LogP contribution in [0.4, 0.5) is 24.9 Å². The Kier molecular flexibility index (Phi) is 3.80. The lowest BCUT2D eigenvalue weighted by Gasteiger charge is -2.38. The molecule has 0 saturated carbocycles. The highest BCUT2D eigenvalue weighted by molar-refractivity contribution is 8.00. The second-order valence-corrected chi connectivity index (χ2v) is 5.96. The quantitative estimate of drug-likeness (QED) is 0.861. The zero-order valence-electron chi connectivity index (χ0n) is 10.6. The fourth-order valence-corrected chi connectivity index (χ4v) is 3.10. The smallest absolute Gasteiger partial charge is 0.368 e. The minimum Gasteiger partial charge on any atom is -0.368 e. The average molecular weight is 292 g/mol. The molecular weight excluding hydrogens is 277 g/mol. The zero-order valence-corrected chi connectivity index (χ0v) is 11.4. The van der Waals surface area contributed by atoms with Gasteiger partial charge in [0.05, 0.1) is 0 Å². The van der Waals surface area contributed by atoms with Crippen molar-refractivity contribution in [3.63, 3.8) is 0 Å². The molecule has 0 radical (unpaired) electrons. The zero-order chi connectivity index (χ0) is 14.2. The third kappa shape index (κ3) is 3.05. The van der Waals surface area contributed by atoms with Crippen LogP contribution in [0.25, 0.3) is 0 Å². The van der Waals surface area contributed by atoms with Gasteiger partial charge < -0.3 is 10.6 Å². The highest BCUT2D eigenvalue weighted by Crippen LogP contribution is 2.33. The van der Waals surface area contributed by atoms with Crippen molar-refractivity contribution in [1.29, 1.82) is 0 Å². The molecule has 2 N–H and O–H groups in total. The topological polar surface area (TPSA) is 55.0 Å². The van der Waals surface area contributed by atoms with Crippen LogP contribution in [0.15, 0.2) is 6.07 Å². The SMILES string of the molecule is CC1SCCN(c2cc(C(F)(F)F)nc(N)n2)C1C. The first kappa shape index (κ1) is 14.2. The van der Waals surface area contributed by atoms with E-state index in [2.05, 4.69) is 16.9 Å². The first-order valence-electron chi connectivity index (χ1n) is 5.89. The molecular formula is C11H15F3N4S. The van der Waals surface area contributed by atoms with Crippen LogP contribution in [0.2, 0.25) is 0 Å². The number of anilines is 2. The van der Waals surface area contributed by atoms with Gasteiger partial charge >= 0.3 is 6.18 Å².